The van der Waals surface area contributed by atoms with Gasteiger partial charge in [0.2, 0.25) is 0 Å². The van der Waals surface area contributed by atoms with Crippen LogP contribution in [-0.2, 0) is 0 Å². The van der Waals surface area contributed by atoms with Gasteiger partial charge in [-0.05, 0) is 75.5 Å². The molecule has 1 radical (unpaired) electrons. The number of aliphatic hydroxyl groups is 2. The maximum absolute atomic E-state index is 9.69. The summed E-state index contributed by atoms with van der Waals surface area (Å²) in [6, 6.07) is 0. The van der Waals surface area contributed by atoms with Gasteiger partial charge in [-0.15, -0.1) is 0 Å². The minimum absolute atomic E-state index is 0.0451. The van der Waals surface area contributed by atoms with Crippen LogP contribution in [0.25, 0.3) is 0 Å². The SMILES string of the molecule is CCC[CH]C(C1CCC(O)CC1)C1CCC(O)CC1. The highest BCUT2D eigenvalue weighted by Gasteiger charge is 2.33. The van der Waals surface area contributed by atoms with Gasteiger partial charge in [0, 0.05) is 0 Å². The van der Waals surface area contributed by atoms with Crippen LogP contribution < -0.4 is 0 Å². The predicted molar refractivity (Wildman–Crippen MR) is 78.6 cm³/mol. The van der Waals surface area contributed by atoms with E-state index in [4.69, 9.17) is 0 Å². The number of hydrogen-bond donors (Lipinski definition) is 2. The summed E-state index contributed by atoms with van der Waals surface area (Å²) in [7, 11) is 0. The van der Waals surface area contributed by atoms with E-state index in [0.717, 1.165) is 43.4 Å². The molecular formula is C17H31O2. The first-order valence-electron chi connectivity index (χ1n) is 8.40. The lowest BCUT2D eigenvalue weighted by atomic mass is 9.67. The maximum Gasteiger partial charge on any atom is 0.0540 e. The first kappa shape index (κ1) is 15.3. The molecule has 2 nitrogen and oxygen atoms in total. The zero-order valence-electron chi connectivity index (χ0n) is 12.4. The average molecular weight is 267 g/mol. The predicted octanol–water partition coefficient (Wildman–Crippen LogP) is 3.71. The van der Waals surface area contributed by atoms with Crippen molar-refractivity contribution in [3.8, 4) is 0 Å². The van der Waals surface area contributed by atoms with Crippen molar-refractivity contribution < 1.29 is 10.2 Å². The van der Waals surface area contributed by atoms with Crippen molar-refractivity contribution in [1.29, 1.82) is 0 Å². The topological polar surface area (TPSA) is 40.5 Å². The second-order valence-electron chi connectivity index (χ2n) is 6.74. The average Bonchev–Trinajstić information content (AvgIpc) is 2.43. The fraction of sp³-hybridized carbons (Fsp3) is 0.941. The van der Waals surface area contributed by atoms with E-state index in [1.807, 2.05) is 0 Å². The molecule has 0 aromatic rings. The van der Waals surface area contributed by atoms with Gasteiger partial charge in [0.05, 0.1) is 12.2 Å². The van der Waals surface area contributed by atoms with Crippen LogP contribution in [0.5, 0.6) is 0 Å². The number of aliphatic hydroxyl groups excluding tert-OH is 2. The molecule has 111 valence electrons. The molecule has 0 amide bonds. The summed E-state index contributed by atoms with van der Waals surface area (Å²) in [6.45, 7) is 2.25. The summed E-state index contributed by atoms with van der Waals surface area (Å²) >= 11 is 0. The first-order chi connectivity index (χ1) is 9.20. The molecule has 2 aliphatic rings. The minimum atomic E-state index is -0.0451. The van der Waals surface area contributed by atoms with E-state index < -0.39 is 0 Å². The Labute approximate surface area is 118 Å². The van der Waals surface area contributed by atoms with Gasteiger partial charge in [0.15, 0.2) is 0 Å². The zero-order valence-corrected chi connectivity index (χ0v) is 12.4. The fourth-order valence-electron chi connectivity index (χ4n) is 4.10. The van der Waals surface area contributed by atoms with E-state index in [1.165, 1.54) is 38.5 Å². The van der Waals surface area contributed by atoms with E-state index >= 15 is 0 Å². The second kappa shape index (κ2) is 7.64. The summed E-state index contributed by atoms with van der Waals surface area (Å²) < 4.78 is 0. The number of unbranched alkanes of at least 4 members (excludes halogenated alkanes) is 1. The van der Waals surface area contributed by atoms with Gasteiger partial charge < -0.3 is 10.2 Å². The lowest BCUT2D eigenvalue weighted by Crippen LogP contribution is -2.32. The maximum atomic E-state index is 9.69. The number of hydrogen-bond acceptors (Lipinski definition) is 2. The van der Waals surface area contributed by atoms with Gasteiger partial charge >= 0.3 is 0 Å². The summed E-state index contributed by atoms with van der Waals surface area (Å²) in [6.07, 6.45) is 13.7. The molecule has 0 saturated heterocycles. The first-order valence-corrected chi connectivity index (χ1v) is 8.40. The molecule has 2 aliphatic carbocycles. The van der Waals surface area contributed by atoms with Crippen molar-refractivity contribution in [2.45, 2.75) is 83.3 Å². The van der Waals surface area contributed by atoms with Crippen molar-refractivity contribution in [1.82, 2.24) is 0 Å². The third-order valence-corrected chi connectivity index (χ3v) is 5.30. The van der Waals surface area contributed by atoms with Gasteiger partial charge in [0.25, 0.3) is 0 Å². The molecule has 2 saturated carbocycles. The molecule has 0 atom stereocenters. The highest BCUT2D eigenvalue weighted by Crippen LogP contribution is 2.42. The Morgan fingerprint density at radius 1 is 0.842 bits per heavy atom. The van der Waals surface area contributed by atoms with Crippen LogP contribution in [-0.4, -0.2) is 22.4 Å². The van der Waals surface area contributed by atoms with Crippen LogP contribution in [0.3, 0.4) is 0 Å². The largest absolute Gasteiger partial charge is 0.393 e. The smallest absolute Gasteiger partial charge is 0.0540 e. The van der Waals surface area contributed by atoms with Crippen molar-refractivity contribution in [3.05, 3.63) is 6.42 Å². The Morgan fingerprint density at radius 3 is 1.63 bits per heavy atom. The molecule has 0 bridgehead atoms. The molecule has 0 aromatic carbocycles. The molecule has 0 spiro atoms. The molecule has 0 heterocycles. The highest BCUT2D eigenvalue weighted by molar-refractivity contribution is 4.91. The van der Waals surface area contributed by atoms with Crippen LogP contribution in [0.15, 0.2) is 0 Å². The highest BCUT2D eigenvalue weighted by atomic mass is 16.3. The third-order valence-electron chi connectivity index (χ3n) is 5.30. The van der Waals surface area contributed by atoms with Crippen molar-refractivity contribution in [2.24, 2.45) is 17.8 Å². The summed E-state index contributed by atoms with van der Waals surface area (Å²) in [5.74, 6) is 2.31. The standard InChI is InChI=1S/C17H31O2/c1-2-3-4-17(13-5-9-15(18)10-6-13)14-7-11-16(19)12-8-14/h4,13-19H,2-3,5-12H2,1H3. The zero-order chi connectivity index (χ0) is 13.7. The Hall–Kier alpha value is -0.0800. The van der Waals surface area contributed by atoms with Crippen LogP contribution in [0.1, 0.15) is 71.1 Å². The molecule has 19 heavy (non-hydrogen) atoms. The Bertz CT molecular complexity index is 216. The van der Waals surface area contributed by atoms with E-state index in [1.54, 1.807) is 0 Å². The molecule has 0 aliphatic heterocycles. The molecule has 2 N–H and O–H groups in total. The number of rotatable bonds is 5. The van der Waals surface area contributed by atoms with Crippen molar-refractivity contribution in [2.75, 3.05) is 0 Å². The van der Waals surface area contributed by atoms with Gasteiger partial charge in [-0.3, -0.25) is 0 Å². The Kier molecular flexibility index (Phi) is 6.15. The molecular weight excluding hydrogens is 236 g/mol. The minimum Gasteiger partial charge on any atom is -0.393 e. The van der Waals surface area contributed by atoms with Crippen LogP contribution >= 0.6 is 0 Å². The quantitative estimate of drug-likeness (QED) is 0.797. The fourth-order valence-corrected chi connectivity index (χ4v) is 4.10. The van der Waals surface area contributed by atoms with Gasteiger partial charge in [-0.2, -0.15) is 0 Å². The van der Waals surface area contributed by atoms with Gasteiger partial charge in [-0.1, -0.05) is 19.8 Å². The lowest BCUT2D eigenvalue weighted by molar-refractivity contribution is 0.0552. The Morgan fingerprint density at radius 2 is 1.26 bits per heavy atom. The van der Waals surface area contributed by atoms with E-state index in [2.05, 4.69) is 13.3 Å². The van der Waals surface area contributed by atoms with Gasteiger partial charge in [0.1, 0.15) is 0 Å². The molecule has 2 fully saturated rings. The van der Waals surface area contributed by atoms with Crippen LogP contribution in [0, 0.1) is 24.2 Å². The van der Waals surface area contributed by atoms with E-state index in [-0.39, 0.29) is 12.2 Å². The van der Waals surface area contributed by atoms with E-state index in [9.17, 15) is 10.2 Å². The monoisotopic (exact) mass is 267 g/mol. The van der Waals surface area contributed by atoms with Crippen LogP contribution in [0.2, 0.25) is 0 Å². The molecule has 2 heteroatoms. The Balaban J connectivity index is 1.90. The van der Waals surface area contributed by atoms with E-state index in [0.29, 0.717) is 0 Å². The van der Waals surface area contributed by atoms with Crippen molar-refractivity contribution >= 4 is 0 Å². The second-order valence-corrected chi connectivity index (χ2v) is 6.74. The molecule has 2 rings (SSSR count). The van der Waals surface area contributed by atoms with Crippen LogP contribution in [0.4, 0.5) is 0 Å². The summed E-state index contributed by atoms with van der Waals surface area (Å²) in [5.41, 5.74) is 0. The lowest BCUT2D eigenvalue weighted by Gasteiger charge is -2.39. The van der Waals surface area contributed by atoms with Crippen molar-refractivity contribution in [3.63, 3.8) is 0 Å². The summed E-state index contributed by atoms with van der Waals surface area (Å²) in [5, 5.41) is 19.4. The van der Waals surface area contributed by atoms with Gasteiger partial charge in [-0.25, -0.2) is 0 Å². The summed E-state index contributed by atoms with van der Waals surface area (Å²) in [4.78, 5) is 0. The normalized spacial score (nSPS) is 38.1. The molecule has 0 unspecified atom stereocenters. The molecule has 0 aromatic heterocycles. The third kappa shape index (κ3) is 4.46.